The van der Waals surface area contributed by atoms with Crippen LogP contribution < -0.4 is 15.4 Å². The molecule has 0 radical (unpaired) electrons. The molecule has 0 aliphatic carbocycles. The van der Waals surface area contributed by atoms with Crippen molar-refractivity contribution in [3.63, 3.8) is 0 Å². The lowest BCUT2D eigenvalue weighted by atomic mass is 10.1. The summed E-state index contributed by atoms with van der Waals surface area (Å²) in [6, 6.07) is 17.4. The van der Waals surface area contributed by atoms with E-state index in [1.807, 2.05) is 0 Å². The van der Waals surface area contributed by atoms with Crippen LogP contribution in [0, 0.1) is 0 Å². The predicted octanol–water partition coefficient (Wildman–Crippen LogP) is 3.67. The molecule has 0 aliphatic rings. The molecule has 3 N–H and O–H groups in total. The number of alkyl halides is 3. The van der Waals surface area contributed by atoms with Gasteiger partial charge in [-0.3, -0.25) is 14.3 Å². The van der Waals surface area contributed by atoms with Crippen molar-refractivity contribution in [1.29, 1.82) is 0 Å². The number of amides is 2. The molecule has 3 rings (SSSR count). The summed E-state index contributed by atoms with van der Waals surface area (Å²) in [4.78, 5) is 24.4. The maximum atomic E-state index is 12.6. The fourth-order valence-corrected chi connectivity index (χ4v) is 3.95. The molecule has 2 amide bonds. The van der Waals surface area contributed by atoms with Crippen molar-refractivity contribution in [2.75, 3.05) is 17.8 Å². The molecule has 0 bridgehead atoms. The Hall–Kier alpha value is -3.86. The number of anilines is 1. The van der Waals surface area contributed by atoms with E-state index in [1.165, 1.54) is 36.4 Å². The third-order valence-corrected chi connectivity index (χ3v) is 6.02. The fraction of sp³-hybridized carbons (Fsp3) is 0.130. The first-order chi connectivity index (χ1) is 16.1. The van der Waals surface area contributed by atoms with Crippen LogP contribution in [0.5, 0.6) is 0 Å². The lowest BCUT2D eigenvalue weighted by molar-refractivity contribution is -0.137. The van der Waals surface area contributed by atoms with Gasteiger partial charge in [0.1, 0.15) is 0 Å². The largest absolute Gasteiger partial charge is 0.416 e. The first-order valence-corrected chi connectivity index (χ1v) is 11.5. The third kappa shape index (κ3) is 6.58. The maximum Gasteiger partial charge on any atom is 0.416 e. The van der Waals surface area contributed by atoms with Crippen molar-refractivity contribution in [1.82, 2.24) is 10.6 Å². The highest BCUT2D eigenvalue weighted by Gasteiger charge is 2.30. The molecular formula is C23H20F3N3O4S. The van der Waals surface area contributed by atoms with E-state index in [2.05, 4.69) is 15.4 Å². The van der Waals surface area contributed by atoms with Gasteiger partial charge in [-0.15, -0.1) is 0 Å². The molecule has 0 spiro atoms. The molecular weight excluding hydrogens is 471 g/mol. The van der Waals surface area contributed by atoms with E-state index in [9.17, 15) is 31.2 Å². The molecule has 3 aromatic rings. The van der Waals surface area contributed by atoms with E-state index in [0.29, 0.717) is 0 Å². The van der Waals surface area contributed by atoms with Crippen molar-refractivity contribution < 1.29 is 31.2 Å². The minimum Gasteiger partial charge on any atom is -0.350 e. The van der Waals surface area contributed by atoms with E-state index in [0.717, 1.165) is 24.3 Å². The highest BCUT2D eigenvalue weighted by molar-refractivity contribution is 7.92. The lowest BCUT2D eigenvalue weighted by Gasteiger charge is -2.10. The Morgan fingerprint density at radius 1 is 0.706 bits per heavy atom. The van der Waals surface area contributed by atoms with E-state index in [4.69, 9.17) is 0 Å². The van der Waals surface area contributed by atoms with E-state index < -0.39 is 33.6 Å². The number of hydrogen-bond acceptors (Lipinski definition) is 4. The first-order valence-electron chi connectivity index (χ1n) is 9.98. The number of nitrogens with one attached hydrogen (secondary N) is 3. The van der Waals surface area contributed by atoms with Gasteiger partial charge in [0, 0.05) is 29.9 Å². The van der Waals surface area contributed by atoms with Crippen LogP contribution in [-0.4, -0.2) is 33.3 Å². The Kier molecular flexibility index (Phi) is 7.57. The highest BCUT2D eigenvalue weighted by atomic mass is 32.2. The van der Waals surface area contributed by atoms with Crippen LogP contribution in [-0.2, 0) is 16.2 Å². The smallest absolute Gasteiger partial charge is 0.350 e. The van der Waals surface area contributed by atoms with Crippen molar-refractivity contribution in [2.45, 2.75) is 11.1 Å². The lowest BCUT2D eigenvalue weighted by Crippen LogP contribution is -2.34. The predicted molar refractivity (Wildman–Crippen MR) is 120 cm³/mol. The third-order valence-electron chi connectivity index (χ3n) is 4.62. The van der Waals surface area contributed by atoms with Gasteiger partial charge >= 0.3 is 6.18 Å². The first kappa shape index (κ1) is 24.8. The molecule has 0 saturated heterocycles. The fourth-order valence-electron chi connectivity index (χ4n) is 2.87. The number of hydrogen-bond donors (Lipinski definition) is 3. The Labute approximate surface area is 194 Å². The quantitative estimate of drug-likeness (QED) is 0.418. The number of rotatable bonds is 8. The molecule has 0 unspecified atom stereocenters. The second-order valence-corrected chi connectivity index (χ2v) is 8.77. The Morgan fingerprint density at radius 2 is 1.18 bits per heavy atom. The van der Waals surface area contributed by atoms with Crippen LogP contribution in [0.15, 0.2) is 83.8 Å². The SMILES string of the molecule is O=C(NCCNC(=O)c1ccc(C(F)(F)F)cc1)c1ccc(NS(=O)(=O)c2ccccc2)cc1. The Morgan fingerprint density at radius 3 is 1.65 bits per heavy atom. The molecule has 34 heavy (non-hydrogen) atoms. The summed E-state index contributed by atoms with van der Waals surface area (Å²) >= 11 is 0. The maximum absolute atomic E-state index is 12.6. The molecule has 0 aromatic heterocycles. The van der Waals surface area contributed by atoms with Gasteiger partial charge in [-0.1, -0.05) is 18.2 Å². The van der Waals surface area contributed by atoms with Gasteiger partial charge < -0.3 is 10.6 Å². The van der Waals surface area contributed by atoms with Gasteiger partial charge in [-0.25, -0.2) is 8.42 Å². The van der Waals surface area contributed by atoms with Gasteiger partial charge in [0.25, 0.3) is 21.8 Å². The summed E-state index contributed by atoms with van der Waals surface area (Å²) in [6.45, 7) is 0.133. The highest BCUT2D eigenvalue weighted by Crippen LogP contribution is 2.29. The second kappa shape index (κ2) is 10.4. The van der Waals surface area contributed by atoms with Crippen molar-refractivity contribution in [3.05, 3.63) is 95.6 Å². The van der Waals surface area contributed by atoms with Gasteiger partial charge in [-0.2, -0.15) is 13.2 Å². The average molecular weight is 491 g/mol. The van der Waals surface area contributed by atoms with Crippen molar-refractivity contribution in [3.8, 4) is 0 Å². The van der Waals surface area contributed by atoms with E-state index >= 15 is 0 Å². The molecule has 7 nitrogen and oxygen atoms in total. The number of carbonyl (C=O) groups excluding carboxylic acids is 2. The zero-order chi connectivity index (χ0) is 24.8. The summed E-state index contributed by atoms with van der Waals surface area (Å²) in [5.41, 5.74) is -0.232. The molecule has 0 saturated carbocycles. The van der Waals surface area contributed by atoms with Crippen LogP contribution >= 0.6 is 0 Å². The molecule has 3 aromatic carbocycles. The minimum atomic E-state index is -4.48. The molecule has 0 fully saturated rings. The zero-order valence-corrected chi connectivity index (χ0v) is 18.4. The van der Waals surface area contributed by atoms with Crippen molar-refractivity contribution in [2.24, 2.45) is 0 Å². The number of sulfonamides is 1. The second-order valence-electron chi connectivity index (χ2n) is 7.08. The summed E-state index contributed by atoms with van der Waals surface area (Å²) in [5.74, 6) is -1.01. The number of carbonyl (C=O) groups is 2. The topological polar surface area (TPSA) is 104 Å². The van der Waals surface area contributed by atoms with Gasteiger partial charge in [0.2, 0.25) is 0 Å². The number of halogens is 3. The molecule has 178 valence electrons. The van der Waals surface area contributed by atoms with E-state index in [1.54, 1.807) is 18.2 Å². The minimum absolute atomic E-state index is 0.0561. The van der Waals surface area contributed by atoms with Gasteiger partial charge in [-0.05, 0) is 60.7 Å². The van der Waals surface area contributed by atoms with E-state index in [-0.39, 0.29) is 34.8 Å². The Balaban J connectivity index is 1.46. The van der Waals surface area contributed by atoms with Crippen LogP contribution in [0.1, 0.15) is 26.3 Å². The summed E-state index contributed by atoms with van der Waals surface area (Å²) in [6.07, 6.45) is -4.48. The summed E-state index contributed by atoms with van der Waals surface area (Å²) in [7, 11) is -3.75. The average Bonchev–Trinajstić information content (AvgIpc) is 2.82. The molecule has 0 heterocycles. The van der Waals surface area contributed by atoms with Crippen molar-refractivity contribution >= 4 is 27.5 Å². The normalized spacial score (nSPS) is 11.5. The summed E-state index contributed by atoms with van der Waals surface area (Å²) < 4.78 is 64.8. The van der Waals surface area contributed by atoms with Gasteiger partial charge in [0.15, 0.2) is 0 Å². The van der Waals surface area contributed by atoms with Crippen LogP contribution in [0.25, 0.3) is 0 Å². The zero-order valence-electron chi connectivity index (χ0n) is 17.6. The molecule has 0 atom stereocenters. The molecule has 11 heteroatoms. The van der Waals surface area contributed by atoms with Crippen LogP contribution in [0.4, 0.5) is 18.9 Å². The monoisotopic (exact) mass is 491 g/mol. The number of benzene rings is 3. The standard InChI is InChI=1S/C23H20F3N3O4S/c24-23(25,26)18-10-6-16(7-11-18)21(30)27-14-15-28-22(31)17-8-12-19(13-9-17)29-34(32,33)20-4-2-1-3-5-20/h1-13,29H,14-15H2,(H,27,30)(H,28,31). The molecule has 0 aliphatic heterocycles. The van der Waals surface area contributed by atoms with Gasteiger partial charge in [0.05, 0.1) is 10.5 Å². The summed E-state index contributed by atoms with van der Waals surface area (Å²) in [5, 5.41) is 5.09. The van der Waals surface area contributed by atoms with Crippen LogP contribution in [0.2, 0.25) is 0 Å². The Bertz CT molecular complexity index is 1250. The van der Waals surface area contributed by atoms with Crippen LogP contribution in [0.3, 0.4) is 0 Å².